The first kappa shape index (κ1) is 82.2. The van der Waals surface area contributed by atoms with Gasteiger partial charge in [-0.1, -0.05) is 109 Å². The topological polar surface area (TPSA) is 305 Å². The lowest BCUT2D eigenvalue weighted by Crippen LogP contribution is -2.64. The fourth-order valence-corrected chi connectivity index (χ4v) is 12.2. The van der Waals surface area contributed by atoms with Crippen LogP contribution in [0.1, 0.15) is 156 Å². The van der Waals surface area contributed by atoms with E-state index < -0.39 is 155 Å². The number of nitrogens with zero attached hydrogens (tertiary/aromatic N) is 7. The van der Waals surface area contributed by atoms with Crippen molar-refractivity contribution in [1.82, 2.24) is 55.6 Å². The van der Waals surface area contributed by atoms with Gasteiger partial charge in [0.25, 0.3) is 0 Å². The molecule has 0 aromatic carbocycles. The first-order chi connectivity index (χ1) is 41.7. The lowest BCUT2D eigenvalue weighted by Gasteiger charge is -2.41. The number of nitrogens with two attached hydrogens (primary N) is 1. The van der Waals surface area contributed by atoms with Crippen LogP contribution in [-0.4, -0.2) is 244 Å². The van der Waals surface area contributed by atoms with Gasteiger partial charge in [-0.15, -0.1) is 0 Å². The molecule has 24 nitrogen and oxygen atoms in total. The van der Waals surface area contributed by atoms with Crippen LogP contribution in [-0.2, 0) is 52.7 Å². The summed E-state index contributed by atoms with van der Waals surface area (Å²) in [7, 11) is 10.0. The Morgan fingerprint density at radius 2 is 0.867 bits per heavy atom. The summed E-state index contributed by atoms with van der Waals surface area (Å²) in [4.78, 5) is 172. The number of thioether (sulfide) groups is 1. The number of amides is 11. The monoisotopic (exact) mass is 1290 g/mol. The van der Waals surface area contributed by atoms with Crippen LogP contribution in [0.4, 0.5) is 0 Å². The Morgan fingerprint density at radius 3 is 1.31 bits per heavy atom. The van der Waals surface area contributed by atoms with E-state index in [1.807, 2.05) is 61.5 Å². The molecule has 0 saturated carbocycles. The zero-order valence-electron chi connectivity index (χ0n) is 59.0. The predicted octanol–water partition coefficient (Wildman–Crippen LogP) is 3.33. The third kappa shape index (κ3) is 23.1. The van der Waals surface area contributed by atoms with Gasteiger partial charge in [-0.2, -0.15) is 11.8 Å². The maximum atomic E-state index is 15.3. The first-order valence-corrected chi connectivity index (χ1v) is 33.5. The average Bonchev–Trinajstić information content (AvgIpc) is 1.57. The van der Waals surface area contributed by atoms with Crippen LogP contribution in [0.2, 0.25) is 0 Å². The van der Waals surface area contributed by atoms with Gasteiger partial charge in [0.1, 0.15) is 66.5 Å². The Morgan fingerprint density at radius 1 is 0.467 bits per heavy atom. The van der Waals surface area contributed by atoms with Gasteiger partial charge >= 0.3 is 0 Å². The van der Waals surface area contributed by atoms with Crippen LogP contribution >= 0.6 is 11.8 Å². The molecule has 1 fully saturated rings. The van der Waals surface area contributed by atoms with E-state index in [0.717, 1.165) is 4.90 Å². The molecule has 0 radical (unpaired) electrons. The maximum absolute atomic E-state index is 15.3. The molecule has 7 N–H and O–H groups in total. The molecule has 516 valence electrons. The summed E-state index contributed by atoms with van der Waals surface area (Å²) in [5.41, 5.74) is 5.91. The lowest BCUT2D eigenvalue weighted by atomic mass is 9.91. The van der Waals surface area contributed by atoms with Gasteiger partial charge in [0, 0.05) is 67.4 Å². The van der Waals surface area contributed by atoms with E-state index in [1.165, 1.54) is 104 Å². The number of allylic oxidation sites excluding steroid dienone is 2. The molecule has 1 aliphatic rings. The molecular weight excluding hydrogens is 1170 g/mol. The van der Waals surface area contributed by atoms with Crippen molar-refractivity contribution in [3.05, 3.63) is 12.2 Å². The Kier molecular flexibility index (Phi) is 34.9. The second-order valence-electron chi connectivity index (χ2n) is 27.2. The van der Waals surface area contributed by atoms with Crippen molar-refractivity contribution < 1.29 is 57.8 Å². The molecule has 25 heteroatoms. The average molecular weight is 1290 g/mol. The van der Waals surface area contributed by atoms with E-state index in [-0.39, 0.29) is 68.1 Å². The van der Waals surface area contributed by atoms with E-state index in [2.05, 4.69) is 21.3 Å². The Bertz CT molecular complexity index is 2440. The third-order valence-electron chi connectivity index (χ3n) is 16.9. The largest absolute Gasteiger partial charge is 0.390 e. The molecule has 0 bridgehead atoms. The van der Waals surface area contributed by atoms with E-state index in [0.29, 0.717) is 12.2 Å². The summed E-state index contributed by atoms with van der Waals surface area (Å²) >= 11 is 1.30. The highest BCUT2D eigenvalue weighted by atomic mass is 32.2. The molecule has 1 saturated heterocycles. The van der Waals surface area contributed by atoms with Crippen molar-refractivity contribution in [3.63, 3.8) is 0 Å². The number of carbonyl (C=O) groups excluding carboxylic acids is 11. The van der Waals surface area contributed by atoms with Gasteiger partial charge in [-0.25, -0.2) is 0 Å². The zero-order chi connectivity index (χ0) is 69.7. The number of nitrogens with one attached hydrogen (secondary N) is 4. The van der Waals surface area contributed by atoms with E-state index in [4.69, 9.17) is 5.73 Å². The highest BCUT2D eigenvalue weighted by Gasteiger charge is 2.46. The Hall–Kier alpha value is -5.82. The van der Waals surface area contributed by atoms with Gasteiger partial charge in [0.15, 0.2) is 0 Å². The number of hydrogen-bond donors (Lipinski definition) is 6. The summed E-state index contributed by atoms with van der Waals surface area (Å²) in [6.07, 6.45) is 2.94. The summed E-state index contributed by atoms with van der Waals surface area (Å²) in [5, 5.41) is 23.3. The molecule has 0 aromatic rings. The SMILES string of the molecule is C/C=C/C[C@@H](C)[C@@H](O)C1C(=O)N[C@@H](CC)C(=O)N(C)C(CSCCN)C(=O)N(C)[C@@H](CC(C)C)C(=O)N[C@@H](C(C)C)C(=O)N(C)[C@@H](CC(C)C)C(=O)N[C@@H](C)C(=O)N[C@H](C)C(=O)N(C)[C@@H](CC(C)C)C(=O)N(C)[C@@H](CC(C)C)C(=O)N(C)[C@@H](C(C)C)C(=O)N1C. The smallest absolute Gasteiger partial charge is 0.246 e. The van der Waals surface area contributed by atoms with Gasteiger partial charge in [-0.3, -0.25) is 52.7 Å². The van der Waals surface area contributed by atoms with Crippen LogP contribution in [0.5, 0.6) is 0 Å². The van der Waals surface area contributed by atoms with Crippen molar-refractivity contribution in [3.8, 4) is 0 Å². The number of aliphatic hydroxyl groups is 1. The highest BCUT2D eigenvalue weighted by molar-refractivity contribution is 7.99. The third-order valence-corrected chi connectivity index (χ3v) is 18.0. The van der Waals surface area contributed by atoms with Crippen LogP contribution in [0.25, 0.3) is 0 Å². The summed E-state index contributed by atoms with van der Waals surface area (Å²) < 4.78 is 0. The molecule has 11 amide bonds. The van der Waals surface area contributed by atoms with E-state index in [1.54, 1.807) is 54.5 Å². The quantitative estimate of drug-likeness (QED) is 0.0799. The first-order valence-electron chi connectivity index (χ1n) is 32.3. The minimum absolute atomic E-state index is 0.00227. The minimum Gasteiger partial charge on any atom is -0.390 e. The normalized spacial score (nSPS) is 26.9. The molecular formula is C65H118N12O12S. The summed E-state index contributed by atoms with van der Waals surface area (Å²) in [6.45, 7) is 30.2. The van der Waals surface area contributed by atoms with Crippen molar-refractivity contribution in [1.29, 1.82) is 0 Å². The molecule has 1 heterocycles. The number of aliphatic hydroxyl groups excluding tert-OH is 1. The molecule has 1 aliphatic heterocycles. The van der Waals surface area contributed by atoms with Crippen LogP contribution in [0.15, 0.2) is 12.2 Å². The van der Waals surface area contributed by atoms with Crippen LogP contribution in [0.3, 0.4) is 0 Å². The molecule has 90 heavy (non-hydrogen) atoms. The van der Waals surface area contributed by atoms with Gasteiger partial charge in [0.05, 0.1) is 6.10 Å². The molecule has 1 rings (SSSR count). The van der Waals surface area contributed by atoms with Crippen LogP contribution in [0, 0.1) is 41.4 Å². The molecule has 13 atom stereocenters. The van der Waals surface area contributed by atoms with Gasteiger partial charge in [0.2, 0.25) is 65.0 Å². The van der Waals surface area contributed by atoms with Crippen LogP contribution < -0.4 is 27.0 Å². The van der Waals surface area contributed by atoms with Gasteiger partial charge < -0.3 is 66.4 Å². The van der Waals surface area contributed by atoms with Gasteiger partial charge in [-0.05, 0) is 101 Å². The number of likely N-dealkylation sites (N-methyl/N-ethyl adjacent to an activating group) is 7. The highest BCUT2D eigenvalue weighted by Crippen LogP contribution is 2.26. The Balaban J connectivity index is 4.50. The molecule has 0 aliphatic carbocycles. The standard InChI is InChI=1S/C65H118N12O12S/c1-25-27-28-42(15)54(78)53-58(82)69-45(26-2)60(84)75(22)50(35-90-30-29-66)63(87)71(18)47(32-37(5)6)57(81)70-51(40(11)12)64(88)72(19)46(31-36(3)4)56(80)67-43(16)55(79)68-44(17)59(83)73(20)48(33-38(7)8)61(85)74(21)49(34-39(9)10)62(86)76(23)52(41(13)14)65(89)77(53)24/h25,27,36-54,78H,26,28-35,66H2,1-24H3,(H,67,80)(H,68,79)(H,69,82)(H,70,81)/b27-25+/t42-,43+,44-,45+,46+,47+,48+,49+,50?,51+,52+,53?,54-/m1/s1. The predicted molar refractivity (Wildman–Crippen MR) is 354 cm³/mol. The second kappa shape index (κ2) is 38.3. The maximum Gasteiger partial charge on any atom is 0.246 e. The van der Waals surface area contributed by atoms with E-state index in [9.17, 15) is 33.9 Å². The fraction of sp³-hybridized carbons (Fsp3) is 0.800. The second-order valence-corrected chi connectivity index (χ2v) is 28.3. The minimum atomic E-state index is -1.64. The number of carbonyl (C=O) groups is 11. The molecule has 2 unspecified atom stereocenters. The number of hydrogen-bond acceptors (Lipinski definition) is 14. The van der Waals surface area contributed by atoms with Crippen molar-refractivity contribution >= 4 is 76.7 Å². The number of rotatable bonds is 19. The summed E-state index contributed by atoms with van der Waals surface area (Å²) in [5.74, 6) is -9.45. The lowest BCUT2D eigenvalue weighted by molar-refractivity contribution is -0.157. The molecule has 0 spiro atoms. The Labute approximate surface area is 543 Å². The molecule has 0 aromatic heterocycles. The fourth-order valence-electron chi connectivity index (χ4n) is 11.3. The van der Waals surface area contributed by atoms with E-state index >= 15 is 24.0 Å². The zero-order valence-corrected chi connectivity index (χ0v) is 59.9. The summed E-state index contributed by atoms with van der Waals surface area (Å²) in [6, 6.07) is -13.8. The van der Waals surface area contributed by atoms with Crippen molar-refractivity contribution in [2.45, 2.75) is 229 Å². The van der Waals surface area contributed by atoms with Crippen molar-refractivity contribution in [2.24, 2.45) is 47.2 Å². The van der Waals surface area contributed by atoms with Crippen molar-refractivity contribution in [2.75, 3.05) is 67.4 Å².